The first kappa shape index (κ1) is 10.5. The van der Waals surface area contributed by atoms with Gasteiger partial charge < -0.3 is 4.74 Å². The van der Waals surface area contributed by atoms with Gasteiger partial charge in [0.05, 0.1) is 0 Å². The molecule has 0 saturated carbocycles. The van der Waals surface area contributed by atoms with Gasteiger partial charge in [-0.05, 0) is 36.8 Å². The van der Waals surface area contributed by atoms with Crippen LogP contribution in [0, 0.1) is 18.7 Å². The second-order valence-corrected chi connectivity index (χ2v) is 3.33. The van der Waals surface area contributed by atoms with Crippen molar-refractivity contribution < 1.29 is 13.5 Å². The SMILES string of the molecule is Cc1cc(F)ccc1Oc1ccnc(F)c1. The number of hydrogen-bond acceptors (Lipinski definition) is 2. The zero-order valence-corrected chi connectivity index (χ0v) is 8.58. The fourth-order valence-corrected chi connectivity index (χ4v) is 1.30. The third-order valence-corrected chi connectivity index (χ3v) is 2.06. The van der Waals surface area contributed by atoms with E-state index in [1.807, 2.05) is 0 Å². The quantitative estimate of drug-likeness (QED) is 0.724. The molecule has 0 aliphatic rings. The summed E-state index contributed by atoms with van der Waals surface area (Å²) in [5.41, 5.74) is 0.650. The molecule has 2 aromatic rings. The van der Waals surface area contributed by atoms with Crippen molar-refractivity contribution in [2.45, 2.75) is 6.92 Å². The van der Waals surface area contributed by atoms with Crippen molar-refractivity contribution >= 4 is 0 Å². The number of halogens is 2. The molecular weight excluding hydrogens is 212 g/mol. The molecule has 0 radical (unpaired) electrons. The van der Waals surface area contributed by atoms with Gasteiger partial charge in [-0.2, -0.15) is 4.39 Å². The lowest BCUT2D eigenvalue weighted by Crippen LogP contribution is -1.90. The molecule has 4 heteroatoms. The van der Waals surface area contributed by atoms with E-state index in [2.05, 4.69) is 4.98 Å². The lowest BCUT2D eigenvalue weighted by atomic mass is 10.2. The Labute approximate surface area is 91.5 Å². The second-order valence-electron chi connectivity index (χ2n) is 3.33. The molecule has 2 rings (SSSR count). The standard InChI is InChI=1S/C12H9F2NO/c1-8-6-9(13)2-3-11(8)16-10-4-5-15-12(14)7-10/h2-7H,1H3. The second kappa shape index (κ2) is 4.26. The van der Waals surface area contributed by atoms with E-state index in [9.17, 15) is 8.78 Å². The first-order valence-electron chi connectivity index (χ1n) is 4.71. The Morgan fingerprint density at radius 2 is 1.94 bits per heavy atom. The molecule has 0 saturated heterocycles. The van der Waals surface area contributed by atoms with E-state index in [1.54, 1.807) is 6.92 Å². The van der Waals surface area contributed by atoms with Crippen LogP contribution in [0.2, 0.25) is 0 Å². The Bertz CT molecular complexity index is 514. The van der Waals surface area contributed by atoms with Gasteiger partial charge in [0.25, 0.3) is 0 Å². The monoisotopic (exact) mass is 221 g/mol. The Hall–Kier alpha value is -1.97. The van der Waals surface area contributed by atoms with Crippen LogP contribution in [-0.4, -0.2) is 4.98 Å². The largest absolute Gasteiger partial charge is 0.457 e. The topological polar surface area (TPSA) is 22.1 Å². The molecule has 0 atom stereocenters. The highest BCUT2D eigenvalue weighted by Gasteiger charge is 2.03. The van der Waals surface area contributed by atoms with Crippen LogP contribution in [0.3, 0.4) is 0 Å². The van der Waals surface area contributed by atoms with E-state index in [4.69, 9.17) is 4.74 Å². The van der Waals surface area contributed by atoms with Crippen LogP contribution in [0.4, 0.5) is 8.78 Å². The summed E-state index contributed by atoms with van der Waals surface area (Å²) in [4.78, 5) is 3.41. The number of benzene rings is 1. The van der Waals surface area contributed by atoms with Crippen LogP contribution in [0.5, 0.6) is 11.5 Å². The summed E-state index contributed by atoms with van der Waals surface area (Å²) in [5.74, 6) is -0.114. The molecule has 0 N–H and O–H groups in total. The molecule has 0 fully saturated rings. The number of pyridine rings is 1. The average Bonchev–Trinajstić information content (AvgIpc) is 2.22. The molecule has 0 aliphatic heterocycles. The molecule has 16 heavy (non-hydrogen) atoms. The molecule has 1 aromatic carbocycles. The van der Waals surface area contributed by atoms with Gasteiger partial charge in [0.2, 0.25) is 5.95 Å². The molecule has 1 heterocycles. The maximum Gasteiger partial charge on any atom is 0.216 e. The van der Waals surface area contributed by atoms with Crippen LogP contribution in [0.1, 0.15) is 5.56 Å². The third-order valence-electron chi connectivity index (χ3n) is 2.06. The minimum atomic E-state index is -0.614. The van der Waals surface area contributed by atoms with Gasteiger partial charge in [-0.1, -0.05) is 0 Å². The van der Waals surface area contributed by atoms with Crippen LogP contribution >= 0.6 is 0 Å². The van der Waals surface area contributed by atoms with Gasteiger partial charge in [-0.15, -0.1) is 0 Å². The highest BCUT2D eigenvalue weighted by Crippen LogP contribution is 2.25. The predicted molar refractivity (Wildman–Crippen MR) is 55.4 cm³/mol. The van der Waals surface area contributed by atoms with Crippen LogP contribution in [0.15, 0.2) is 36.5 Å². The van der Waals surface area contributed by atoms with Crippen molar-refractivity contribution in [1.82, 2.24) is 4.98 Å². The lowest BCUT2D eigenvalue weighted by Gasteiger charge is -2.08. The average molecular weight is 221 g/mol. The molecule has 0 spiro atoms. The Balaban J connectivity index is 2.27. The molecule has 0 bridgehead atoms. The smallest absolute Gasteiger partial charge is 0.216 e. The predicted octanol–water partition coefficient (Wildman–Crippen LogP) is 3.46. The van der Waals surface area contributed by atoms with Crippen LogP contribution < -0.4 is 4.74 Å². The summed E-state index contributed by atoms with van der Waals surface area (Å²) in [7, 11) is 0. The number of hydrogen-bond donors (Lipinski definition) is 0. The minimum Gasteiger partial charge on any atom is -0.457 e. The minimum absolute atomic E-state index is 0.328. The molecule has 2 nitrogen and oxygen atoms in total. The van der Waals surface area contributed by atoms with Gasteiger partial charge in [0.1, 0.15) is 17.3 Å². The van der Waals surface area contributed by atoms with E-state index in [0.29, 0.717) is 17.1 Å². The van der Waals surface area contributed by atoms with E-state index in [1.165, 1.54) is 36.5 Å². The molecule has 0 aliphatic carbocycles. The molecule has 0 amide bonds. The van der Waals surface area contributed by atoms with Crippen molar-refractivity contribution in [2.24, 2.45) is 0 Å². The number of rotatable bonds is 2. The van der Waals surface area contributed by atoms with Crippen molar-refractivity contribution in [2.75, 3.05) is 0 Å². The number of ether oxygens (including phenoxy) is 1. The summed E-state index contributed by atoms with van der Waals surface area (Å²) in [6.07, 6.45) is 1.31. The van der Waals surface area contributed by atoms with Gasteiger partial charge in [0.15, 0.2) is 0 Å². The Kier molecular flexibility index (Phi) is 2.81. The third kappa shape index (κ3) is 2.34. The van der Waals surface area contributed by atoms with E-state index >= 15 is 0 Å². The summed E-state index contributed by atoms with van der Waals surface area (Å²) in [6.45, 7) is 1.72. The summed E-state index contributed by atoms with van der Waals surface area (Å²) in [6, 6.07) is 6.85. The zero-order chi connectivity index (χ0) is 11.5. The highest BCUT2D eigenvalue weighted by molar-refractivity contribution is 5.36. The van der Waals surface area contributed by atoms with Gasteiger partial charge in [0, 0.05) is 12.3 Å². The lowest BCUT2D eigenvalue weighted by molar-refractivity contribution is 0.467. The zero-order valence-electron chi connectivity index (χ0n) is 8.58. The van der Waals surface area contributed by atoms with E-state index in [-0.39, 0.29) is 5.82 Å². The maximum absolute atomic E-state index is 12.8. The fourth-order valence-electron chi connectivity index (χ4n) is 1.30. The Morgan fingerprint density at radius 3 is 2.62 bits per heavy atom. The molecular formula is C12H9F2NO. The van der Waals surface area contributed by atoms with Crippen LogP contribution in [0.25, 0.3) is 0 Å². The highest BCUT2D eigenvalue weighted by atomic mass is 19.1. The fraction of sp³-hybridized carbons (Fsp3) is 0.0833. The molecule has 0 unspecified atom stereocenters. The van der Waals surface area contributed by atoms with Crippen molar-refractivity contribution in [3.8, 4) is 11.5 Å². The molecule has 1 aromatic heterocycles. The number of aromatic nitrogens is 1. The summed E-state index contributed by atoms with van der Waals surface area (Å²) >= 11 is 0. The van der Waals surface area contributed by atoms with Crippen molar-refractivity contribution in [1.29, 1.82) is 0 Å². The first-order valence-corrected chi connectivity index (χ1v) is 4.71. The number of aryl methyl sites for hydroxylation is 1. The van der Waals surface area contributed by atoms with Gasteiger partial charge in [-0.25, -0.2) is 9.37 Å². The summed E-state index contributed by atoms with van der Waals surface area (Å²) in [5, 5.41) is 0. The molecule has 82 valence electrons. The van der Waals surface area contributed by atoms with Crippen molar-refractivity contribution in [3.05, 3.63) is 53.9 Å². The van der Waals surface area contributed by atoms with Crippen molar-refractivity contribution in [3.63, 3.8) is 0 Å². The Morgan fingerprint density at radius 1 is 1.12 bits per heavy atom. The number of nitrogens with zero attached hydrogens (tertiary/aromatic N) is 1. The normalized spacial score (nSPS) is 10.2. The van der Waals surface area contributed by atoms with E-state index in [0.717, 1.165) is 0 Å². The van der Waals surface area contributed by atoms with E-state index < -0.39 is 5.95 Å². The first-order chi connectivity index (χ1) is 7.65. The van der Waals surface area contributed by atoms with Gasteiger partial charge >= 0.3 is 0 Å². The van der Waals surface area contributed by atoms with Gasteiger partial charge in [-0.3, -0.25) is 0 Å². The summed E-state index contributed by atoms with van der Waals surface area (Å²) < 4.78 is 31.0. The maximum atomic E-state index is 12.8. The van der Waals surface area contributed by atoms with Crippen LogP contribution in [-0.2, 0) is 0 Å².